The van der Waals surface area contributed by atoms with Crippen LogP contribution in [0.1, 0.15) is 19.5 Å². The molecule has 18 heavy (non-hydrogen) atoms. The van der Waals surface area contributed by atoms with E-state index in [1.165, 1.54) is 0 Å². The maximum Gasteiger partial charge on any atom is 0.142 e. The summed E-state index contributed by atoms with van der Waals surface area (Å²) in [6, 6.07) is 5.83. The van der Waals surface area contributed by atoms with Crippen molar-refractivity contribution in [1.82, 2.24) is 9.97 Å². The highest BCUT2D eigenvalue weighted by molar-refractivity contribution is 7.99. The van der Waals surface area contributed by atoms with Crippen molar-refractivity contribution < 1.29 is 5.11 Å². The summed E-state index contributed by atoms with van der Waals surface area (Å²) >= 11 is 3.33. The Kier molecular flexibility index (Phi) is 4.74. The molecule has 0 saturated heterocycles. The SMILES string of the molecule is C[C@H](SCc1csc(-c2ccccn2)n1)[C@@H](C)O. The summed E-state index contributed by atoms with van der Waals surface area (Å²) in [5.41, 5.74) is 1.97. The maximum absolute atomic E-state index is 9.43. The number of aliphatic hydroxyl groups excluding tert-OH is 1. The van der Waals surface area contributed by atoms with Crippen LogP contribution >= 0.6 is 23.1 Å². The number of thioether (sulfide) groups is 1. The minimum Gasteiger partial charge on any atom is -0.392 e. The molecule has 1 N–H and O–H groups in total. The summed E-state index contributed by atoms with van der Waals surface area (Å²) in [7, 11) is 0. The van der Waals surface area contributed by atoms with E-state index >= 15 is 0 Å². The monoisotopic (exact) mass is 280 g/mol. The van der Waals surface area contributed by atoms with E-state index in [0.29, 0.717) is 0 Å². The molecule has 2 aromatic rings. The quantitative estimate of drug-likeness (QED) is 0.913. The molecule has 0 unspecified atom stereocenters. The van der Waals surface area contributed by atoms with Gasteiger partial charge < -0.3 is 5.11 Å². The number of aliphatic hydroxyl groups is 1. The normalized spacial score (nSPS) is 14.4. The summed E-state index contributed by atoms with van der Waals surface area (Å²) in [5.74, 6) is 0.829. The molecular weight excluding hydrogens is 264 g/mol. The first kappa shape index (κ1) is 13.5. The van der Waals surface area contributed by atoms with Gasteiger partial charge in [0.2, 0.25) is 0 Å². The molecule has 5 heteroatoms. The highest BCUT2D eigenvalue weighted by Crippen LogP contribution is 2.25. The molecule has 2 atom stereocenters. The fraction of sp³-hybridized carbons (Fsp3) is 0.385. The van der Waals surface area contributed by atoms with Gasteiger partial charge in [-0.1, -0.05) is 13.0 Å². The zero-order valence-corrected chi connectivity index (χ0v) is 12.0. The average Bonchev–Trinajstić information content (AvgIpc) is 2.85. The lowest BCUT2D eigenvalue weighted by molar-refractivity contribution is 0.196. The predicted molar refractivity (Wildman–Crippen MR) is 77.8 cm³/mol. The van der Waals surface area contributed by atoms with Gasteiger partial charge in [0.15, 0.2) is 0 Å². The molecule has 2 rings (SSSR count). The van der Waals surface area contributed by atoms with Gasteiger partial charge in [-0.25, -0.2) is 4.98 Å². The van der Waals surface area contributed by atoms with E-state index in [1.807, 2.05) is 32.0 Å². The lowest BCUT2D eigenvalue weighted by atomic mass is 10.3. The Morgan fingerprint density at radius 1 is 1.39 bits per heavy atom. The van der Waals surface area contributed by atoms with Gasteiger partial charge >= 0.3 is 0 Å². The van der Waals surface area contributed by atoms with Gasteiger partial charge in [-0.05, 0) is 19.1 Å². The minimum atomic E-state index is -0.288. The van der Waals surface area contributed by atoms with E-state index in [1.54, 1.807) is 29.3 Å². The zero-order chi connectivity index (χ0) is 13.0. The molecule has 0 radical (unpaired) electrons. The largest absolute Gasteiger partial charge is 0.392 e. The van der Waals surface area contributed by atoms with Crippen molar-refractivity contribution >= 4 is 23.1 Å². The molecule has 0 bridgehead atoms. The van der Waals surface area contributed by atoms with Gasteiger partial charge in [-0.15, -0.1) is 23.1 Å². The number of hydrogen-bond donors (Lipinski definition) is 1. The number of pyridine rings is 1. The fourth-order valence-electron chi connectivity index (χ4n) is 1.34. The van der Waals surface area contributed by atoms with Crippen LogP contribution in [0.2, 0.25) is 0 Å². The molecular formula is C13H16N2OS2. The van der Waals surface area contributed by atoms with E-state index in [9.17, 15) is 5.11 Å². The predicted octanol–water partition coefficient (Wildman–Crippen LogP) is 3.21. The summed E-state index contributed by atoms with van der Waals surface area (Å²) in [6.07, 6.45) is 1.49. The Labute approximate surface area is 115 Å². The number of nitrogens with zero attached hydrogens (tertiary/aromatic N) is 2. The lowest BCUT2D eigenvalue weighted by Gasteiger charge is -2.12. The first-order valence-electron chi connectivity index (χ1n) is 5.82. The average molecular weight is 280 g/mol. The molecule has 0 aliphatic carbocycles. The second kappa shape index (κ2) is 6.31. The van der Waals surface area contributed by atoms with Crippen LogP contribution in [0, 0.1) is 0 Å². The Morgan fingerprint density at radius 3 is 2.89 bits per heavy atom. The second-order valence-electron chi connectivity index (χ2n) is 4.12. The fourth-order valence-corrected chi connectivity index (χ4v) is 3.10. The molecule has 0 saturated carbocycles. The van der Waals surface area contributed by atoms with E-state index < -0.39 is 0 Å². The van der Waals surface area contributed by atoms with Crippen molar-refractivity contribution in [2.75, 3.05) is 0 Å². The van der Waals surface area contributed by atoms with Crippen molar-refractivity contribution in [2.24, 2.45) is 0 Å². The molecule has 0 amide bonds. The maximum atomic E-state index is 9.43. The second-order valence-corrected chi connectivity index (χ2v) is 6.34. The van der Waals surface area contributed by atoms with Crippen LogP contribution in [-0.4, -0.2) is 26.4 Å². The topological polar surface area (TPSA) is 46.0 Å². The summed E-state index contributed by atoms with van der Waals surface area (Å²) in [4.78, 5) is 8.85. The molecule has 0 aliphatic rings. The van der Waals surface area contributed by atoms with Gasteiger partial charge in [-0.2, -0.15) is 0 Å². The number of hydrogen-bond acceptors (Lipinski definition) is 5. The number of thiazole rings is 1. The molecule has 96 valence electrons. The Morgan fingerprint density at radius 2 is 2.22 bits per heavy atom. The molecule has 0 spiro atoms. The van der Waals surface area contributed by atoms with Crippen LogP contribution in [-0.2, 0) is 5.75 Å². The van der Waals surface area contributed by atoms with Crippen LogP contribution < -0.4 is 0 Å². The van der Waals surface area contributed by atoms with Crippen molar-refractivity contribution in [3.8, 4) is 10.7 Å². The minimum absolute atomic E-state index is 0.227. The third kappa shape index (κ3) is 3.54. The van der Waals surface area contributed by atoms with Crippen molar-refractivity contribution in [2.45, 2.75) is 31.0 Å². The van der Waals surface area contributed by atoms with Crippen LogP contribution in [0.5, 0.6) is 0 Å². The van der Waals surface area contributed by atoms with Crippen LogP contribution in [0.25, 0.3) is 10.7 Å². The number of rotatable bonds is 5. The zero-order valence-electron chi connectivity index (χ0n) is 10.4. The smallest absolute Gasteiger partial charge is 0.142 e. The molecule has 2 aromatic heterocycles. The van der Waals surface area contributed by atoms with Crippen molar-refractivity contribution in [3.05, 3.63) is 35.5 Å². The van der Waals surface area contributed by atoms with E-state index in [0.717, 1.165) is 22.1 Å². The molecule has 0 aliphatic heterocycles. The Hall–Kier alpha value is -0.910. The van der Waals surface area contributed by atoms with Gasteiger partial charge in [0.1, 0.15) is 5.01 Å². The Balaban J connectivity index is 1.99. The molecule has 3 nitrogen and oxygen atoms in total. The van der Waals surface area contributed by atoms with E-state index in [-0.39, 0.29) is 11.4 Å². The highest BCUT2D eigenvalue weighted by Gasteiger charge is 2.11. The standard InChI is InChI=1S/C13H16N2OS2/c1-9(16)10(2)17-7-11-8-18-13(15-11)12-5-3-4-6-14-12/h3-6,8-10,16H,7H2,1-2H3/t9-,10+/m1/s1. The highest BCUT2D eigenvalue weighted by atomic mass is 32.2. The number of aromatic nitrogens is 2. The Bertz CT molecular complexity index is 485. The summed E-state index contributed by atoms with van der Waals surface area (Å²) < 4.78 is 0. The van der Waals surface area contributed by atoms with Gasteiger partial charge in [-0.3, -0.25) is 4.98 Å². The first-order valence-corrected chi connectivity index (χ1v) is 7.75. The van der Waals surface area contributed by atoms with Crippen LogP contribution in [0.4, 0.5) is 0 Å². The van der Waals surface area contributed by atoms with E-state index in [4.69, 9.17) is 0 Å². The lowest BCUT2D eigenvalue weighted by Crippen LogP contribution is -2.15. The summed E-state index contributed by atoms with van der Waals surface area (Å²) in [6.45, 7) is 3.85. The van der Waals surface area contributed by atoms with Crippen LogP contribution in [0.3, 0.4) is 0 Å². The third-order valence-electron chi connectivity index (χ3n) is 2.61. The van der Waals surface area contributed by atoms with Crippen molar-refractivity contribution in [3.63, 3.8) is 0 Å². The van der Waals surface area contributed by atoms with E-state index in [2.05, 4.69) is 15.3 Å². The molecule has 2 heterocycles. The first-order chi connectivity index (χ1) is 8.66. The van der Waals surface area contributed by atoms with Gasteiger partial charge in [0.25, 0.3) is 0 Å². The molecule has 0 aromatic carbocycles. The van der Waals surface area contributed by atoms with Gasteiger partial charge in [0.05, 0.1) is 17.5 Å². The van der Waals surface area contributed by atoms with Crippen LogP contribution in [0.15, 0.2) is 29.8 Å². The molecule has 0 fully saturated rings. The third-order valence-corrected chi connectivity index (χ3v) is 4.90. The van der Waals surface area contributed by atoms with Gasteiger partial charge in [0, 0.05) is 22.6 Å². The summed E-state index contributed by atoms with van der Waals surface area (Å²) in [5, 5.41) is 12.7. The van der Waals surface area contributed by atoms with Crippen molar-refractivity contribution in [1.29, 1.82) is 0 Å².